The summed E-state index contributed by atoms with van der Waals surface area (Å²) in [5.74, 6) is 0.607. The molecule has 0 unspecified atom stereocenters. The van der Waals surface area contributed by atoms with Crippen LogP contribution in [0.4, 0.5) is 13.2 Å². The molecule has 1 nitrogen and oxygen atoms in total. The molecular weight excluding hydrogens is 265 g/mol. The molecule has 0 spiro atoms. The fraction of sp³-hybridized carbons (Fsp3) is 0.125. The van der Waals surface area contributed by atoms with E-state index in [9.17, 15) is 13.2 Å². The van der Waals surface area contributed by atoms with Crippen LogP contribution in [-0.4, -0.2) is 13.3 Å². The van der Waals surface area contributed by atoms with Gasteiger partial charge in [0.15, 0.2) is 0 Å². The molecule has 0 atom stereocenters. The van der Waals surface area contributed by atoms with Gasteiger partial charge in [-0.2, -0.15) is 13.2 Å². The number of alkyl halides is 3. The first-order valence-electron chi connectivity index (χ1n) is 5.99. The highest BCUT2D eigenvalue weighted by Gasteiger charge is 2.34. The van der Waals surface area contributed by atoms with E-state index in [1.807, 2.05) is 0 Å². The summed E-state index contributed by atoms with van der Waals surface area (Å²) in [5.41, 5.74) is -0.0407. The van der Waals surface area contributed by atoms with Crippen LogP contribution in [0.15, 0.2) is 54.6 Å². The van der Waals surface area contributed by atoms with E-state index < -0.39 is 11.7 Å². The zero-order valence-electron chi connectivity index (χ0n) is 10.8. The van der Waals surface area contributed by atoms with Gasteiger partial charge in [-0.25, -0.2) is 0 Å². The Morgan fingerprint density at radius 1 is 0.950 bits per heavy atom. The molecule has 0 aromatic heterocycles. The average Bonchev–Trinajstić information content (AvgIpc) is 2.45. The van der Waals surface area contributed by atoms with Crippen LogP contribution in [0.5, 0.6) is 5.75 Å². The van der Waals surface area contributed by atoms with Gasteiger partial charge in [0.05, 0.1) is 12.7 Å². The second-order valence-electron chi connectivity index (χ2n) is 4.19. The summed E-state index contributed by atoms with van der Waals surface area (Å²) in [4.78, 5) is 0. The Bertz CT molecular complexity index is 583. The molecule has 0 N–H and O–H groups in total. The van der Waals surface area contributed by atoms with Crippen molar-refractivity contribution in [2.75, 3.05) is 7.11 Å². The molecule has 20 heavy (non-hydrogen) atoms. The predicted octanol–water partition coefficient (Wildman–Crippen LogP) is 4.80. The molecule has 0 bridgehead atoms. The molecule has 0 aliphatic heterocycles. The van der Waals surface area contributed by atoms with Crippen LogP contribution in [0.3, 0.4) is 0 Å². The molecule has 104 valence electrons. The van der Waals surface area contributed by atoms with E-state index in [0.717, 1.165) is 6.08 Å². The van der Waals surface area contributed by atoms with Crippen molar-refractivity contribution in [3.63, 3.8) is 0 Å². The Balaban J connectivity index is 2.43. The number of allylic oxidation sites excluding steroid dienone is 1. The van der Waals surface area contributed by atoms with Crippen LogP contribution in [0, 0.1) is 0 Å². The molecule has 0 radical (unpaired) electrons. The van der Waals surface area contributed by atoms with E-state index >= 15 is 0 Å². The zero-order valence-corrected chi connectivity index (χ0v) is 10.8. The Labute approximate surface area is 115 Å². The topological polar surface area (TPSA) is 9.23 Å². The van der Waals surface area contributed by atoms with Gasteiger partial charge in [-0.15, -0.1) is 0 Å². The monoisotopic (exact) mass is 278 g/mol. The highest BCUT2D eigenvalue weighted by molar-refractivity contribution is 5.84. The molecule has 2 aromatic carbocycles. The van der Waals surface area contributed by atoms with E-state index in [0.29, 0.717) is 11.3 Å². The van der Waals surface area contributed by atoms with E-state index in [-0.39, 0.29) is 5.56 Å². The fourth-order valence-electron chi connectivity index (χ4n) is 1.81. The summed E-state index contributed by atoms with van der Waals surface area (Å²) >= 11 is 0. The lowest BCUT2D eigenvalue weighted by Gasteiger charge is -2.12. The van der Waals surface area contributed by atoms with Crippen LogP contribution >= 0.6 is 0 Å². The Hall–Kier alpha value is -2.23. The second-order valence-corrected chi connectivity index (χ2v) is 4.19. The first-order chi connectivity index (χ1) is 9.50. The van der Waals surface area contributed by atoms with Crippen LogP contribution in [0.25, 0.3) is 11.6 Å². The van der Waals surface area contributed by atoms with Crippen molar-refractivity contribution < 1.29 is 17.9 Å². The molecule has 2 rings (SSSR count). The third-order valence-corrected chi connectivity index (χ3v) is 2.82. The molecular formula is C16H13F3O. The van der Waals surface area contributed by atoms with Gasteiger partial charge in [0.25, 0.3) is 0 Å². The van der Waals surface area contributed by atoms with Crippen molar-refractivity contribution in [2.45, 2.75) is 6.18 Å². The van der Waals surface area contributed by atoms with E-state index in [4.69, 9.17) is 4.74 Å². The van der Waals surface area contributed by atoms with Crippen LogP contribution in [-0.2, 0) is 0 Å². The molecule has 0 saturated carbocycles. The molecule has 0 amide bonds. The number of hydrogen-bond acceptors (Lipinski definition) is 1. The minimum atomic E-state index is -4.40. The Kier molecular flexibility index (Phi) is 4.13. The van der Waals surface area contributed by atoms with E-state index in [2.05, 4.69) is 0 Å². The molecule has 0 heterocycles. The number of methoxy groups -OCH3 is 1. The molecule has 2 aromatic rings. The normalized spacial score (nSPS) is 12.3. The van der Waals surface area contributed by atoms with Gasteiger partial charge in [-0.05, 0) is 29.3 Å². The lowest BCUT2D eigenvalue weighted by molar-refractivity contribution is -0.0683. The minimum Gasteiger partial charge on any atom is -0.497 e. The highest BCUT2D eigenvalue weighted by atomic mass is 19.4. The summed E-state index contributed by atoms with van der Waals surface area (Å²) in [6.07, 6.45) is -3.27. The third-order valence-electron chi connectivity index (χ3n) is 2.82. The number of ether oxygens (including phenoxy) is 1. The third kappa shape index (κ3) is 3.41. The van der Waals surface area contributed by atoms with Crippen molar-refractivity contribution in [1.82, 2.24) is 0 Å². The minimum absolute atomic E-state index is 0.149. The van der Waals surface area contributed by atoms with Gasteiger partial charge >= 0.3 is 6.18 Å². The van der Waals surface area contributed by atoms with Crippen molar-refractivity contribution >= 4 is 11.6 Å². The van der Waals surface area contributed by atoms with Crippen molar-refractivity contribution in [3.05, 3.63) is 65.7 Å². The van der Waals surface area contributed by atoms with Gasteiger partial charge < -0.3 is 4.74 Å². The quantitative estimate of drug-likeness (QED) is 0.733. The SMILES string of the molecule is COc1ccc(/C=C(\c2ccccc2)C(F)(F)F)cc1. The first-order valence-corrected chi connectivity index (χ1v) is 5.99. The number of halogens is 3. The highest BCUT2D eigenvalue weighted by Crippen LogP contribution is 2.35. The number of benzene rings is 2. The lowest BCUT2D eigenvalue weighted by atomic mass is 10.0. The molecule has 0 saturated heterocycles. The number of rotatable bonds is 3. The van der Waals surface area contributed by atoms with Crippen LogP contribution in [0.2, 0.25) is 0 Å². The fourth-order valence-corrected chi connectivity index (χ4v) is 1.81. The standard InChI is InChI=1S/C16H13F3O/c1-20-14-9-7-12(8-10-14)11-15(16(17,18)19)13-5-3-2-4-6-13/h2-11H,1H3/b15-11+. The Morgan fingerprint density at radius 2 is 1.55 bits per heavy atom. The Morgan fingerprint density at radius 3 is 2.05 bits per heavy atom. The summed E-state index contributed by atoms with van der Waals surface area (Å²) in [6.45, 7) is 0. The van der Waals surface area contributed by atoms with Gasteiger partial charge in [-0.1, -0.05) is 42.5 Å². The largest absolute Gasteiger partial charge is 0.497 e. The van der Waals surface area contributed by atoms with Gasteiger partial charge in [-0.3, -0.25) is 0 Å². The molecule has 0 aliphatic rings. The summed E-state index contributed by atoms with van der Waals surface area (Å²) in [7, 11) is 1.51. The second kappa shape index (κ2) is 5.82. The maximum Gasteiger partial charge on any atom is 0.417 e. The smallest absolute Gasteiger partial charge is 0.417 e. The molecule has 0 fully saturated rings. The van der Waals surface area contributed by atoms with Crippen molar-refractivity contribution in [3.8, 4) is 5.75 Å². The average molecular weight is 278 g/mol. The molecule has 4 heteroatoms. The summed E-state index contributed by atoms with van der Waals surface area (Å²) in [6, 6.07) is 14.2. The van der Waals surface area contributed by atoms with Crippen molar-refractivity contribution in [1.29, 1.82) is 0 Å². The summed E-state index contributed by atoms with van der Waals surface area (Å²) < 4.78 is 44.4. The van der Waals surface area contributed by atoms with Crippen LogP contribution < -0.4 is 4.74 Å². The zero-order chi connectivity index (χ0) is 14.6. The molecule has 0 aliphatic carbocycles. The summed E-state index contributed by atoms with van der Waals surface area (Å²) in [5, 5.41) is 0. The van der Waals surface area contributed by atoms with Crippen LogP contribution in [0.1, 0.15) is 11.1 Å². The van der Waals surface area contributed by atoms with Gasteiger partial charge in [0.2, 0.25) is 0 Å². The maximum absolute atomic E-state index is 13.1. The van der Waals surface area contributed by atoms with E-state index in [1.165, 1.54) is 19.2 Å². The predicted molar refractivity (Wildman–Crippen MR) is 73.4 cm³/mol. The first kappa shape index (κ1) is 14.2. The van der Waals surface area contributed by atoms with Gasteiger partial charge in [0.1, 0.15) is 5.75 Å². The maximum atomic E-state index is 13.1. The van der Waals surface area contributed by atoms with Gasteiger partial charge in [0, 0.05) is 0 Å². The van der Waals surface area contributed by atoms with Crippen molar-refractivity contribution in [2.24, 2.45) is 0 Å². The van der Waals surface area contributed by atoms with E-state index in [1.54, 1.807) is 42.5 Å². The number of hydrogen-bond donors (Lipinski definition) is 0. The lowest BCUT2D eigenvalue weighted by Crippen LogP contribution is -2.10.